The van der Waals surface area contributed by atoms with Crippen LogP contribution in [-0.2, 0) is 0 Å². The molecule has 1 fully saturated rings. The van der Waals surface area contributed by atoms with Gasteiger partial charge < -0.3 is 9.52 Å². The van der Waals surface area contributed by atoms with Crippen molar-refractivity contribution in [2.45, 2.75) is 44.9 Å². The van der Waals surface area contributed by atoms with Crippen molar-refractivity contribution < 1.29 is 14.3 Å². The first kappa shape index (κ1) is 14.8. The number of carbonyl (C=O) groups is 1. The summed E-state index contributed by atoms with van der Waals surface area (Å²) in [5, 5.41) is 9.71. The first-order valence-electron chi connectivity index (χ1n) is 7.93. The molecule has 0 spiro atoms. The summed E-state index contributed by atoms with van der Waals surface area (Å²) in [6.07, 6.45) is 7.52. The molecule has 0 amide bonds. The average molecular weight is 300 g/mol. The van der Waals surface area contributed by atoms with Crippen LogP contribution in [0.5, 0.6) is 5.75 Å². The minimum absolute atomic E-state index is 0.0103. The monoisotopic (exact) mass is 300 g/mol. The van der Waals surface area contributed by atoms with E-state index in [1.54, 1.807) is 0 Å². The highest BCUT2D eigenvalue weighted by Crippen LogP contribution is 2.28. The highest BCUT2D eigenvalue weighted by atomic mass is 16.3. The highest BCUT2D eigenvalue weighted by molar-refractivity contribution is 5.94. The average Bonchev–Trinajstić information content (AvgIpc) is 2.54. The van der Waals surface area contributed by atoms with Crippen LogP contribution in [0.1, 0.15) is 55.5 Å². The van der Waals surface area contributed by atoms with Gasteiger partial charge in [0, 0.05) is 12.5 Å². The van der Waals surface area contributed by atoms with E-state index in [9.17, 15) is 14.7 Å². The maximum absolute atomic E-state index is 12.3. The minimum atomic E-state index is -0.293. The summed E-state index contributed by atoms with van der Waals surface area (Å²) in [4.78, 5) is 24.3. The van der Waals surface area contributed by atoms with E-state index in [-0.39, 0.29) is 22.7 Å². The predicted molar refractivity (Wildman–Crippen MR) is 84.3 cm³/mol. The van der Waals surface area contributed by atoms with E-state index in [4.69, 9.17) is 4.42 Å². The van der Waals surface area contributed by atoms with Gasteiger partial charge >= 0.3 is 0 Å². The summed E-state index contributed by atoms with van der Waals surface area (Å²) < 4.78 is 5.54. The smallest absolute Gasteiger partial charge is 0.198 e. The molecule has 1 aromatic carbocycles. The van der Waals surface area contributed by atoms with Crippen molar-refractivity contribution >= 4 is 16.8 Å². The SMILES string of the molecule is O=C(CCC1CCCCC1)c1cc(=O)c2cc(O)ccc2o1. The molecule has 0 unspecified atom stereocenters. The molecule has 4 nitrogen and oxygen atoms in total. The van der Waals surface area contributed by atoms with Crippen molar-refractivity contribution in [3.05, 3.63) is 40.2 Å². The van der Waals surface area contributed by atoms with E-state index in [0.717, 1.165) is 6.42 Å². The summed E-state index contributed by atoms with van der Waals surface area (Å²) in [6, 6.07) is 5.56. The second-order valence-electron chi connectivity index (χ2n) is 6.12. The Bertz CT molecular complexity index is 738. The molecular formula is C18H20O4. The molecule has 0 radical (unpaired) electrons. The summed E-state index contributed by atoms with van der Waals surface area (Å²) in [5.74, 6) is 0.648. The van der Waals surface area contributed by atoms with Gasteiger partial charge in [-0.2, -0.15) is 0 Å². The molecular weight excluding hydrogens is 280 g/mol. The number of ketones is 1. The lowest BCUT2D eigenvalue weighted by molar-refractivity contribution is 0.0943. The Morgan fingerprint density at radius 2 is 1.95 bits per heavy atom. The normalized spacial score (nSPS) is 16.0. The van der Waals surface area contributed by atoms with Crippen LogP contribution in [-0.4, -0.2) is 10.9 Å². The fourth-order valence-corrected chi connectivity index (χ4v) is 3.22. The molecule has 1 saturated carbocycles. The molecule has 3 rings (SSSR count). The number of phenolic OH excluding ortho intramolecular Hbond substituents is 1. The summed E-state index contributed by atoms with van der Waals surface area (Å²) in [7, 11) is 0. The third kappa shape index (κ3) is 3.21. The first-order valence-corrected chi connectivity index (χ1v) is 7.93. The molecule has 4 heteroatoms. The molecule has 0 bridgehead atoms. The third-order valence-electron chi connectivity index (χ3n) is 4.49. The molecule has 22 heavy (non-hydrogen) atoms. The topological polar surface area (TPSA) is 67.5 Å². The maximum atomic E-state index is 12.3. The van der Waals surface area contributed by atoms with E-state index in [1.165, 1.54) is 56.4 Å². The Hall–Kier alpha value is -2.10. The number of rotatable bonds is 4. The van der Waals surface area contributed by atoms with Gasteiger partial charge in [-0.3, -0.25) is 9.59 Å². The van der Waals surface area contributed by atoms with Gasteiger partial charge in [0.15, 0.2) is 17.0 Å². The van der Waals surface area contributed by atoms with Gasteiger partial charge in [0.1, 0.15) is 11.3 Å². The summed E-state index contributed by atoms with van der Waals surface area (Å²) >= 11 is 0. The van der Waals surface area contributed by atoms with E-state index < -0.39 is 0 Å². The highest BCUT2D eigenvalue weighted by Gasteiger charge is 2.17. The largest absolute Gasteiger partial charge is 0.508 e. The second kappa shape index (κ2) is 6.34. The van der Waals surface area contributed by atoms with Crippen LogP contribution in [0.4, 0.5) is 0 Å². The zero-order chi connectivity index (χ0) is 15.5. The van der Waals surface area contributed by atoms with Gasteiger partial charge in [-0.05, 0) is 30.5 Å². The van der Waals surface area contributed by atoms with Gasteiger partial charge in [0.25, 0.3) is 0 Å². The Labute approximate surface area is 128 Å². The molecule has 0 atom stereocenters. The maximum Gasteiger partial charge on any atom is 0.198 e. The number of benzene rings is 1. The molecule has 116 valence electrons. The molecule has 1 aliphatic carbocycles. The number of Topliss-reactive ketones (excluding diaryl/α,β-unsaturated/α-hetero) is 1. The fraction of sp³-hybridized carbons (Fsp3) is 0.444. The van der Waals surface area contributed by atoms with Crippen molar-refractivity contribution in [1.29, 1.82) is 0 Å². The van der Waals surface area contributed by atoms with Crippen LogP contribution in [0.15, 0.2) is 33.5 Å². The van der Waals surface area contributed by atoms with Crippen LogP contribution in [0, 0.1) is 5.92 Å². The quantitative estimate of drug-likeness (QED) is 0.865. The summed E-state index contributed by atoms with van der Waals surface area (Å²) in [5.41, 5.74) is 0.0458. The lowest BCUT2D eigenvalue weighted by Gasteiger charge is -2.20. The molecule has 1 heterocycles. The number of phenols is 1. The Morgan fingerprint density at radius 1 is 1.18 bits per heavy atom. The number of fused-ring (bicyclic) bond motifs is 1. The van der Waals surface area contributed by atoms with Crippen LogP contribution in [0.2, 0.25) is 0 Å². The number of aromatic hydroxyl groups is 1. The zero-order valence-electron chi connectivity index (χ0n) is 12.5. The van der Waals surface area contributed by atoms with Crippen LogP contribution < -0.4 is 5.43 Å². The molecule has 0 aliphatic heterocycles. The van der Waals surface area contributed by atoms with Gasteiger partial charge in [-0.25, -0.2) is 0 Å². The molecule has 1 aliphatic rings. The second-order valence-corrected chi connectivity index (χ2v) is 6.12. The van der Waals surface area contributed by atoms with Crippen LogP contribution in [0.25, 0.3) is 11.0 Å². The minimum Gasteiger partial charge on any atom is -0.508 e. The lowest BCUT2D eigenvalue weighted by atomic mass is 9.85. The van der Waals surface area contributed by atoms with Crippen LogP contribution >= 0.6 is 0 Å². The van der Waals surface area contributed by atoms with E-state index >= 15 is 0 Å². The molecule has 1 aromatic heterocycles. The van der Waals surface area contributed by atoms with E-state index in [1.807, 2.05) is 0 Å². The van der Waals surface area contributed by atoms with Crippen molar-refractivity contribution in [3.63, 3.8) is 0 Å². The van der Waals surface area contributed by atoms with Crippen LogP contribution in [0.3, 0.4) is 0 Å². The molecule has 0 saturated heterocycles. The number of hydrogen-bond donors (Lipinski definition) is 1. The first-order chi connectivity index (χ1) is 10.6. The van der Waals surface area contributed by atoms with Gasteiger partial charge in [0.05, 0.1) is 5.39 Å². The van der Waals surface area contributed by atoms with Crippen molar-refractivity contribution in [2.24, 2.45) is 5.92 Å². The number of hydrogen-bond acceptors (Lipinski definition) is 4. The van der Waals surface area contributed by atoms with Gasteiger partial charge in [0.2, 0.25) is 0 Å². The van der Waals surface area contributed by atoms with Gasteiger partial charge in [-0.15, -0.1) is 0 Å². The summed E-state index contributed by atoms with van der Waals surface area (Å²) in [6.45, 7) is 0. The van der Waals surface area contributed by atoms with Crippen molar-refractivity contribution in [3.8, 4) is 5.75 Å². The predicted octanol–water partition coefficient (Wildman–Crippen LogP) is 4.04. The fourth-order valence-electron chi connectivity index (χ4n) is 3.22. The zero-order valence-corrected chi connectivity index (χ0v) is 12.5. The van der Waals surface area contributed by atoms with Crippen molar-refractivity contribution in [2.75, 3.05) is 0 Å². The van der Waals surface area contributed by atoms with Gasteiger partial charge in [-0.1, -0.05) is 32.1 Å². The Kier molecular flexibility index (Phi) is 4.27. The van der Waals surface area contributed by atoms with Crippen molar-refractivity contribution in [1.82, 2.24) is 0 Å². The molecule has 1 N–H and O–H groups in total. The Balaban J connectivity index is 1.76. The third-order valence-corrected chi connectivity index (χ3v) is 4.49. The standard InChI is InChI=1S/C18H20O4/c19-13-7-9-17-14(10-13)16(21)11-18(22-17)15(20)8-6-12-4-2-1-3-5-12/h7,9-12,19H,1-6,8H2. The molecule has 2 aromatic rings. The Morgan fingerprint density at radius 3 is 2.73 bits per heavy atom. The number of carbonyl (C=O) groups excluding carboxylic acids is 1. The lowest BCUT2D eigenvalue weighted by Crippen LogP contribution is -2.11. The van der Waals surface area contributed by atoms with E-state index in [2.05, 4.69) is 0 Å². The van der Waals surface area contributed by atoms with E-state index in [0.29, 0.717) is 23.3 Å².